The number of aromatic amines is 1. The first-order chi connectivity index (χ1) is 12.5. The maximum atomic E-state index is 12.2. The number of guanidine groups is 1. The van der Waals surface area contributed by atoms with Crippen LogP contribution in [0.25, 0.3) is 10.9 Å². The van der Waals surface area contributed by atoms with Gasteiger partial charge in [-0.25, -0.2) is 0 Å². The lowest BCUT2D eigenvalue weighted by Crippen LogP contribution is -2.28. The molecule has 0 unspecified atom stereocenters. The molecular formula is C18H28Cl3N5O2. The Hall–Kier alpha value is -1.67. The monoisotopic (exact) mass is 451 g/mol. The van der Waals surface area contributed by atoms with Crippen LogP contribution in [0.5, 0.6) is 5.75 Å². The number of carbonyl (C=O) groups excluding carboxylic acids is 1. The predicted octanol–water partition coefficient (Wildman–Crippen LogP) is 3.45. The van der Waals surface area contributed by atoms with Crippen molar-refractivity contribution < 1.29 is 9.53 Å². The zero-order valence-corrected chi connectivity index (χ0v) is 18.6. The number of nitrogens with zero attached hydrogens (tertiary/aromatic N) is 2. The Balaban J connectivity index is 0.00000364. The highest BCUT2D eigenvalue weighted by atomic mass is 35.5. The summed E-state index contributed by atoms with van der Waals surface area (Å²) in [6, 6.07) is 5.23. The van der Waals surface area contributed by atoms with Gasteiger partial charge < -0.3 is 25.7 Å². The van der Waals surface area contributed by atoms with E-state index in [0.717, 1.165) is 31.4 Å². The van der Waals surface area contributed by atoms with E-state index in [4.69, 9.17) is 22.1 Å². The molecule has 0 atom stereocenters. The molecule has 2 rings (SSSR count). The van der Waals surface area contributed by atoms with Crippen LogP contribution in [-0.4, -0.2) is 55.0 Å². The Kier molecular flexibility index (Phi) is 12.0. The Bertz CT molecular complexity index is 791. The number of nitrogens with one attached hydrogen (secondary N) is 2. The minimum Gasteiger partial charge on any atom is -0.491 e. The van der Waals surface area contributed by atoms with Gasteiger partial charge in [0, 0.05) is 19.0 Å². The second kappa shape index (κ2) is 12.7. The molecule has 0 aliphatic heterocycles. The number of amides is 1. The van der Waals surface area contributed by atoms with Crippen LogP contribution in [0.4, 0.5) is 0 Å². The molecule has 2 aromatic rings. The van der Waals surface area contributed by atoms with Crippen LogP contribution in [0.15, 0.2) is 23.2 Å². The topological polar surface area (TPSA) is 95.7 Å². The number of rotatable bonds is 8. The number of H-pyrrole nitrogens is 1. The van der Waals surface area contributed by atoms with Crippen molar-refractivity contribution in [3.63, 3.8) is 0 Å². The standard InChI is InChI=1S/C18H26ClN5O2.2ClH/c1-4-24(5-2)9-6-10-26-15-8-7-13(19)12-11-14(22-16(12)15)17(25)23-18(20)21-3;;/h7-8,11,22H,4-6,9-10H2,1-3H3,(H3,20,21,23,25);2*1H. The second-order valence-corrected chi connectivity index (χ2v) is 6.21. The smallest absolute Gasteiger partial charge is 0.296 e. The van der Waals surface area contributed by atoms with Crippen LogP contribution >= 0.6 is 36.4 Å². The molecule has 7 nitrogen and oxygen atoms in total. The van der Waals surface area contributed by atoms with Crippen LogP contribution in [0.1, 0.15) is 30.8 Å². The van der Waals surface area contributed by atoms with E-state index >= 15 is 0 Å². The lowest BCUT2D eigenvalue weighted by Gasteiger charge is -2.17. The van der Waals surface area contributed by atoms with Crippen LogP contribution in [0.3, 0.4) is 0 Å². The fourth-order valence-electron chi connectivity index (χ4n) is 2.63. The largest absolute Gasteiger partial charge is 0.491 e. The lowest BCUT2D eigenvalue weighted by atomic mass is 10.2. The molecule has 0 saturated carbocycles. The lowest BCUT2D eigenvalue weighted by molar-refractivity contribution is 0.0998. The van der Waals surface area contributed by atoms with Crippen molar-refractivity contribution in [2.24, 2.45) is 10.7 Å². The average molecular weight is 453 g/mol. The fourth-order valence-corrected chi connectivity index (χ4v) is 2.84. The van der Waals surface area contributed by atoms with E-state index in [-0.39, 0.29) is 30.8 Å². The second-order valence-electron chi connectivity index (χ2n) is 5.80. The summed E-state index contributed by atoms with van der Waals surface area (Å²) in [6.45, 7) is 7.92. The molecule has 0 aliphatic carbocycles. The first-order valence-corrected chi connectivity index (χ1v) is 9.10. The average Bonchev–Trinajstić information content (AvgIpc) is 3.10. The Morgan fingerprint density at radius 1 is 1.32 bits per heavy atom. The highest BCUT2D eigenvalue weighted by Crippen LogP contribution is 2.32. The summed E-state index contributed by atoms with van der Waals surface area (Å²) in [6.07, 6.45) is 0.918. The number of aliphatic imine (C=N–C) groups is 1. The van der Waals surface area contributed by atoms with Gasteiger partial charge in [0.2, 0.25) is 0 Å². The molecule has 0 aliphatic rings. The van der Waals surface area contributed by atoms with Gasteiger partial charge in [-0.3, -0.25) is 4.79 Å². The number of aromatic nitrogens is 1. The van der Waals surface area contributed by atoms with Gasteiger partial charge in [-0.2, -0.15) is 4.99 Å². The summed E-state index contributed by atoms with van der Waals surface area (Å²) < 4.78 is 5.91. The maximum Gasteiger partial charge on any atom is 0.296 e. The number of benzene rings is 1. The molecule has 4 N–H and O–H groups in total. The Morgan fingerprint density at radius 3 is 2.61 bits per heavy atom. The zero-order chi connectivity index (χ0) is 19.1. The van der Waals surface area contributed by atoms with Gasteiger partial charge >= 0.3 is 0 Å². The van der Waals surface area contributed by atoms with E-state index in [0.29, 0.717) is 28.6 Å². The molecule has 1 aromatic carbocycles. The van der Waals surface area contributed by atoms with E-state index in [2.05, 4.69) is 34.0 Å². The van der Waals surface area contributed by atoms with Crippen LogP contribution in [0.2, 0.25) is 5.02 Å². The molecule has 0 saturated heterocycles. The number of halogens is 3. The highest BCUT2D eigenvalue weighted by Gasteiger charge is 2.14. The third kappa shape index (κ3) is 6.74. The molecule has 0 radical (unpaired) electrons. The maximum absolute atomic E-state index is 12.2. The van der Waals surface area contributed by atoms with Gasteiger partial charge in [-0.15, -0.1) is 24.8 Å². The summed E-state index contributed by atoms with van der Waals surface area (Å²) >= 11 is 6.25. The Labute approximate surface area is 182 Å². The number of carbonyl (C=O) groups is 1. The van der Waals surface area contributed by atoms with Crippen molar-refractivity contribution in [3.05, 3.63) is 28.9 Å². The van der Waals surface area contributed by atoms with Gasteiger partial charge in [0.15, 0.2) is 5.96 Å². The van der Waals surface area contributed by atoms with Crippen molar-refractivity contribution in [1.82, 2.24) is 15.2 Å². The summed E-state index contributed by atoms with van der Waals surface area (Å²) in [4.78, 5) is 21.3. The number of ether oxygens (including phenoxy) is 1. The predicted molar refractivity (Wildman–Crippen MR) is 121 cm³/mol. The molecule has 1 amide bonds. The first-order valence-electron chi connectivity index (χ1n) is 8.72. The zero-order valence-electron chi connectivity index (χ0n) is 16.3. The normalized spacial score (nSPS) is 11.1. The number of hydrogen-bond acceptors (Lipinski definition) is 3. The minimum absolute atomic E-state index is 0. The molecule has 1 aromatic heterocycles. The van der Waals surface area contributed by atoms with Crippen molar-refractivity contribution in [1.29, 1.82) is 0 Å². The van der Waals surface area contributed by atoms with Gasteiger partial charge in [-0.05, 0) is 37.7 Å². The van der Waals surface area contributed by atoms with Crippen molar-refractivity contribution in [2.75, 3.05) is 33.3 Å². The molecule has 158 valence electrons. The van der Waals surface area contributed by atoms with Crippen molar-refractivity contribution in [3.8, 4) is 5.75 Å². The number of nitrogens with two attached hydrogens (primary N) is 1. The van der Waals surface area contributed by atoms with Gasteiger partial charge in [-0.1, -0.05) is 25.4 Å². The van der Waals surface area contributed by atoms with E-state index in [1.54, 1.807) is 25.2 Å². The third-order valence-electron chi connectivity index (χ3n) is 4.18. The summed E-state index contributed by atoms with van der Waals surface area (Å²) in [5.41, 5.74) is 6.53. The van der Waals surface area contributed by atoms with Crippen LogP contribution in [0, 0.1) is 0 Å². The molecule has 0 spiro atoms. The molecule has 10 heteroatoms. The molecule has 0 fully saturated rings. The third-order valence-corrected chi connectivity index (χ3v) is 4.51. The summed E-state index contributed by atoms with van der Waals surface area (Å²) in [5.74, 6) is 0.234. The van der Waals surface area contributed by atoms with E-state index < -0.39 is 5.91 Å². The van der Waals surface area contributed by atoms with Crippen LogP contribution < -0.4 is 15.8 Å². The summed E-state index contributed by atoms with van der Waals surface area (Å²) in [5, 5.41) is 3.87. The molecule has 1 heterocycles. The highest BCUT2D eigenvalue weighted by molar-refractivity contribution is 6.35. The first kappa shape index (κ1) is 26.3. The SMILES string of the molecule is CCN(CC)CCCOc1ccc(Cl)c2cc(C(=O)N=C(N)NC)[nH]c12.Cl.Cl. The Morgan fingerprint density at radius 2 is 2.00 bits per heavy atom. The van der Waals surface area contributed by atoms with Crippen molar-refractivity contribution >= 4 is 59.2 Å². The van der Waals surface area contributed by atoms with E-state index in [9.17, 15) is 4.79 Å². The minimum atomic E-state index is -0.475. The van der Waals surface area contributed by atoms with Crippen LogP contribution in [-0.2, 0) is 0 Å². The van der Waals surface area contributed by atoms with Gasteiger partial charge in [0.25, 0.3) is 5.91 Å². The molecule has 0 bridgehead atoms. The molecule has 28 heavy (non-hydrogen) atoms. The van der Waals surface area contributed by atoms with E-state index in [1.807, 2.05) is 0 Å². The number of fused-ring (bicyclic) bond motifs is 1. The van der Waals surface area contributed by atoms with E-state index in [1.165, 1.54) is 0 Å². The van der Waals surface area contributed by atoms with Gasteiger partial charge in [0.05, 0.1) is 17.1 Å². The quantitative estimate of drug-likeness (QED) is 0.324. The fraction of sp³-hybridized carbons (Fsp3) is 0.444. The van der Waals surface area contributed by atoms with Gasteiger partial charge in [0.1, 0.15) is 11.4 Å². The van der Waals surface area contributed by atoms with Crippen molar-refractivity contribution in [2.45, 2.75) is 20.3 Å². The molecular weight excluding hydrogens is 425 g/mol. The summed E-state index contributed by atoms with van der Waals surface area (Å²) in [7, 11) is 1.60. The number of hydrogen-bond donors (Lipinski definition) is 3.